The standard InChI is InChI=1S/C57H46N2/c1-55(2)45-21-13-10-18-39(45)41-27-26-38(32-47(41)55)59-53-29-25-36(35-24-28-52-44(30-35)42-20-12-15-23-51(42)58(52)37-16-8-7-9-17-37)31-49(53)57(5,6)50-33-43-40-19-11-14-22-46(40)56(3,4)48(43)34-54(50)59/h7-34H,1-6H3. The summed E-state index contributed by atoms with van der Waals surface area (Å²) in [7, 11) is 0. The number of aromatic nitrogens is 1. The predicted octanol–water partition coefficient (Wildman–Crippen LogP) is 15.2. The summed E-state index contributed by atoms with van der Waals surface area (Å²) in [5.74, 6) is 0. The molecule has 284 valence electrons. The molecule has 0 N–H and O–H groups in total. The van der Waals surface area contributed by atoms with Crippen molar-refractivity contribution in [2.24, 2.45) is 0 Å². The molecule has 0 saturated carbocycles. The maximum absolute atomic E-state index is 2.58. The molecular weight excluding hydrogens is 713 g/mol. The summed E-state index contributed by atoms with van der Waals surface area (Å²) < 4.78 is 2.40. The molecule has 3 aliphatic rings. The van der Waals surface area contributed by atoms with Crippen molar-refractivity contribution in [2.75, 3.05) is 4.90 Å². The summed E-state index contributed by atoms with van der Waals surface area (Å²) in [5, 5.41) is 2.54. The van der Waals surface area contributed by atoms with E-state index in [0.29, 0.717) is 0 Å². The average Bonchev–Trinajstić information content (AvgIpc) is 3.80. The molecule has 0 fully saturated rings. The van der Waals surface area contributed by atoms with E-state index >= 15 is 0 Å². The molecule has 8 aromatic carbocycles. The van der Waals surface area contributed by atoms with E-state index in [0.717, 1.165) is 0 Å². The molecule has 9 aromatic rings. The molecule has 0 saturated heterocycles. The van der Waals surface area contributed by atoms with Crippen LogP contribution in [-0.4, -0.2) is 4.57 Å². The van der Waals surface area contributed by atoms with Gasteiger partial charge in [-0.1, -0.05) is 145 Å². The highest BCUT2D eigenvalue weighted by Gasteiger charge is 2.43. The van der Waals surface area contributed by atoms with Crippen molar-refractivity contribution in [1.82, 2.24) is 4.57 Å². The van der Waals surface area contributed by atoms with Gasteiger partial charge in [-0.15, -0.1) is 0 Å². The van der Waals surface area contributed by atoms with E-state index < -0.39 is 0 Å². The van der Waals surface area contributed by atoms with Crippen LogP contribution in [0.2, 0.25) is 0 Å². The first kappa shape index (κ1) is 34.4. The van der Waals surface area contributed by atoms with E-state index in [2.05, 4.69) is 221 Å². The van der Waals surface area contributed by atoms with E-state index in [9.17, 15) is 0 Å². The normalized spacial score (nSPS) is 16.0. The van der Waals surface area contributed by atoms with Crippen molar-refractivity contribution in [3.63, 3.8) is 0 Å². The first-order valence-electron chi connectivity index (χ1n) is 21.1. The van der Waals surface area contributed by atoms with Gasteiger partial charge in [-0.25, -0.2) is 0 Å². The fourth-order valence-corrected chi connectivity index (χ4v) is 11.2. The van der Waals surface area contributed by atoms with Gasteiger partial charge in [0.2, 0.25) is 0 Å². The minimum atomic E-state index is -0.270. The third-order valence-electron chi connectivity index (χ3n) is 14.4. The van der Waals surface area contributed by atoms with Gasteiger partial charge >= 0.3 is 0 Å². The summed E-state index contributed by atoms with van der Waals surface area (Å²) in [4.78, 5) is 2.58. The molecular formula is C57H46N2. The van der Waals surface area contributed by atoms with Crippen LogP contribution in [0.15, 0.2) is 170 Å². The molecule has 1 aliphatic heterocycles. The highest BCUT2D eigenvalue weighted by Crippen LogP contribution is 2.59. The van der Waals surface area contributed by atoms with Gasteiger partial charge in [-0.05, 0) is 133 Å². The van der Waals surface area contributed by atoms with Gasteiger partial charge in [-0.2, -0.15) is 0 Å². The van der Waals surface area contributed by atoms with Crippen LogP contribution in [0.1, 0.15) is 74.9 Å². The topological polar surface area (TPSA) is 8.17 Å². The van der Waals surface area contributed by atoms with Crippen molar-refractivity contribution < 1.29 is 0 Å². The predicted molar refractivity (Wildman–Crippen MR) is 248 cm³/mol. The van der Waals surface area contributed by atoms with Crippen molar-refractivity contribution in [1.29, 1.82) is 0 Å². The maximum Gasteiger partial charge on any atom is 0.0541 e. The van der Waals surface area contributed by atoms with E-state index in [-0.39, 0.29) is 16.2 Å². The Morgan fingerprint density at radius 2 is 0.881 bits per heavy atom. The largest absolute Gasteiger partial charge is 0.310 e. The lowest BCUT2D eigenvalue weighted by Gasteiger charge is -2.43. The maximum atomic E-state index is 2.58. The van der Waals surface area contributed by atoms with E-state index in [1.54, 1.807) is 0 Å². The van der Waals surface area contributed by atoms with Crippen molar-refractivity contribution in [3.05, 3.63) is 203 Å². The molecule has 0 radical (unpaired) electrons. The Bertz CT molecular complexity index is 3250. The monoisotopic (exact) mass is 758 g/mol. The van der Waals surface area contributed by atoms with Gasteiger partial charge in [0.25, 0.3) is 0 Å². The van der Waals surface area contributed by atoms with Gasteiger partial charge < -0.3 is 9.47 Å². The zero-order chi connectivity index (χ0) is 40.0. The zero-order valence-electron chi connectivity index (χ0n) is 34.6. The Kier molecular flexibility index (Phi) is 6.84. The summed E-state index contributed by atoms with van der Waals surface area (Å²) in [6, 6.07) is 64.1. The SMILES string of the molecule is CC1(C)c2ccccc2-c2ccc(N3c4ccc(-c5ccc6c(c5)c5ccccc5n6-c5ccccc5)cc4C(C)(C)c4cc5c(cc43)C(C)(C)c3ccccc3-5)cc21. The van der Waals surface area contributed by atoms with E-state index in [1.165, 1.54) is 111 Å². The number of anilines is 3. The number of nitrogens with zero attached hydrogens (tertiary/aromatic N) is 2. The second-order valence-electron chi connectivity index (χ2n) is 18.6. The number of hydrogen-bond donors (Lipinski definition) is 0. The van der Waals surface area contributed by atoms with Crippen LogP contribution in [0.3, 0.4) is 0 Å². The van der Waals surface area contributed by atoms with Crippen LogP contribution < -0.4 is 4.90 Å². The Morgan fingerprint density at radius 3 is 1.64 bits per heavy atom. The third-order valence-corrected chi connectivity index (χ3v) is 14.4. The average molecular weight is 759 g/mol. The molecule has 2 nitrogen and oxygen atoms in total. The molecule has 12 rings (SSSR count). The quantitative estimate of drug-likeness (QED) is 0.174. The third kappa shape index (κ3) is 4.58. The van der Waals surface area contributed by atoms with Crippen LogP contribution in [0.4, 0.5) is 17.1 Å². The van der Waals surface area contributed by atoms with Gasteiger partial charge in [0.15, 0.2) is 0 Å². The van der Waals surface area contributed by atoms with Gasteiger partial charge in [-0.3, -0.25) is 0 Å². The van der Waals surface area contributed by atoms with E-state index in [1.807, 2.05) is 0 Å². The van der Waals surface area contributed by atoms with Gasteiger partial charge in [0.05, 0.1) is 22.4 Å². The molecule has 0 atom stereocenters. The molecule has 1 aromatic heterocycles. The fourth-order valence-electron chi connectivity index (χ4n) is 11.2. The van der Waals surface area contributed by atoms with Gasteiger partial charge in [0, 0.05) is 38.4 Å². The lowest BCUT2D eigenvalue weighted by atomic mass is 9.71. The van der Waals surface area contributed by atoms with Crippen LogP contribution in [-0.2, 0) is 16.2 Å². The molecule has 0 spiro atoms. The van der Waals surface area contributed by atoms with E-state index in [4.69, 9.17) is 0 Å². The second-order valence-corrected chi connectivity index (χ2v) is 18.6. The zero-order valence-corrected chi connectivity index (χ0v) is 34.6. The van der Waals surface area contributed by atoms with Crippen molar-refractivity contribution >= 4 is 38.9 Å². The van der Waals surface area contributed by atoms with Gasteiger partial charge in [0.1, 0.15) is 0 Å². The molecule has 0 unspecified atom stereocenters. The highest BCUT2D eigenvalue weighted by molar-refractivity contribution is 6.10. The number of hydrogen-bond acceptors (Lipinski definition) is 1. The van der Waals surface area contributed by atoms with Crippen LogP contribution in [0.25, 0.3) is 60.9 Å². The number of rotatable bonds is 3. The van der Waals surface area contributed by atoms with Crippen LogP contribution in [0, 0.1) is 0 Å². The van der Waals surface area contributed by atoms with Crippen molar-refractivity contribution in [2.45, 2.75) is 57.8 Å². The van der Waals surface area contributed by atoms with Crippen LogP contribution >= 0.6 is 0 Å². The van der Waals surface area contributed by atoms with Crippen LogP contribution in [0.5, 0.6) is 0 Å². The minimum absolute atomic E-state index is 0.101. The molecule has 2 heteroatoms. The Morgan fingerprint density at radius 1 is 0.322 bits per heavy atom. The summed E-state index contributed by atoms with van der Waals surface area (Å²) in [5.41, 5.74) is 23.0. The summed E-state index contributed by atoms with van der Waals surface area (Å²) in [6.07, 6.45) is 0. The Balaban J connectivity index is 1.08. The summed E-state index contributed by atoms with van der Waals surface area (Å²) in [6.45, 7) is 14.4. The smallest absolute Gasteiger partial charge is 0.0541 e. The fraction of sp³-hybridized carbons (Fsp3) is 0.158. The Hall–Kier alpha value is -6.64. The molecule has 0 bridgehead atoms. The Labute approximate surface area is 347 Å². The number of para-hydroxylation sites is 2. The number of benzene rings is 8. The van der Waals surface area contributed by atoms with Crippen molar-refractivity contribution in [3.8, 4) is 39.1 Å². The molecule has 59 heavy (non-hydrogen) atoms. The first-order valence-corrected chi connectivity index (χ1v) is 21.1. The summed E-state index contributed by atoms with van der Waals surface area (Å²) >= 11 is 0. The molecule has 0 amide bonds. The molecule has 2 aliphatic carbocycles. The first-order chi connectivity index (χ1) is 28.5. The second kappa shape index (κ2) is 11.7. The number of fused-ring (bicyclic) bond motifs is 11. The highest BCUT2D eigenvalue weighted by atomic mass is 15.2. The molecule has 2 heterocycles. The lowest BCUT2D eigenvalue weighted by Crippen LogP contribution is -2.31. The lowest BCUT2D eigenvalue weighted by molar-refractivity contribution is 0.627. The minimum Gasteiger partial charge on any atom is -0.310 e.